The number of nitrogens with zero attached hydrogens (tertiary/aromatic N) is 3. The van der Waals surface area contributed by atoms with Gasteiger partial charge in [0.15, 0.2) is 0 Å². The number of amides is 1. The normalized spacial score (nSPS) is 15.9. The molecule has 0 saturated carbocycles. The molecule has 24 heavy (non-hydrogen) atoms. The molecule has 1 amide bonds. The summed E-state index contributed by atoms with van der Waals surface area (Å²) in [7, 11) is 0. The second-order valence-electron chi connectivity index (χ2n) is 5.86. The third-order valence-electron chi connectivity index (χ3n) is 4.20. The van der Waals surface area contributed by atoms with Crippen LogP contribution in [0, 0.1) is 10.1 Å². The van der Waals surface area contributed by atoms with Crippen LogP contribution in [-0.4, -0.2) is 46.8 Å². The monoisotopic (exact) mass is 345 g/mol. The van der Waals surface area contributed by atoms with Gasteiger partial charge in [-0.2, -0.15) is 11.3 Å². The Morgan fingerprint density at radius 2 is 1.92 bits per heavy atom. The van der Waals surface area contributed by atoms with Crippen molar-refractivity contribution in [2.75, 3.05) is 26.2 Å². The first-order chi connectivity index (χ1) is 11.6. The number of hydrogen-bond donors (Lipinski definition) is 0. The molecule has 1 aliphatic rings. The number of non-ortho nitro benzene ring substituents is 1. The van der Waals surface area contributed by atoms with E-state index in [0.717, 1.165) is 43.7 Å². The molecular formula is C17H19N3O3S. The summed E-state index contributed by atoms with van der Waals surface area (Å²) < 4.78 is 0. The zero-order chi connectivity index (χ0) is 16.9. The summed E-state index contributed by atoms with van der Waals surface area (Å²) in [5.74, 6) is 0.105. The second kappa shape index (κ2) is 7.55. The molecule has 0 bridgehead atoms. The average molecular weight is 345 g/mol. The van der Waals surface area contributed by atoms with Crippen LogP contribution in [0.2, 0.25) is 0 Å². The lowest BCUT2D eigenvalue weighted by atomic mass is 10.2. The van der Waals surface area contributed by atoms with Crippen molar-refractivity contribution in [1.29, 1.82) is 0 Å². The van der Waals surface area contributed by atoms with E-state index < -0.39 is 0 Å². The van der Waals surface area contributed by atoms with Gasteiger partial charge in [0.2, 0.25) is 0 Å². The number of thiophene rings is 1. The van der Waals surface area contributed by atoms with Crippen LogP contribution < -0.4 is 0 Å². The van der Waals surface area contributed by atoms with Gasteiger partial charge in [-0.25, -0.2) is 0 Å². The molecule has 0 N–H and O–H groups in total. The van der Waals surface area contributed by atoms with Gasteiger partial charge in [-0.1, -0.05) is 12.1 Å². The highest BCUT2D eigenvalue weighted by atomic mass is 32.1. The Hall–Kier alpha value is -2.25. The molecule has 0 spiro atoms. The first kappa shape index (κ1) is 16.6. The highest BCUT2D eigenvalue weighted by Crippen LogP contribution is 2.16. The maximum absolute atomic E-state index is 12.4. The van der Waals surface area contributed by atoms with Crippen LogP contribution in [0.15, 0.2) is 41.1 Å². The van der Waals surface area contributed by atoms with E-state index in [9.17, 15) is 14.9 Å². The Morgan fingerprint density at radius 1 is 1.12 bits per heavy atom. The van der Waals surface area contributed by atoms with Gasteiger partial charge in [-0.15, -0.1) is 0 Å². The number of nitro benzene ring substituents is 1. The number of hydrogen-bond acceptors (Lipinski definition) is 5. The van der Waals surface area contributed by atoms with E-state index in [2.05, 4.69) is 4.90 Å². The molecule has 1 aromatic heterocycles. The highest BCUT2D eigenvalue weighted by Gasteiger charge is 2.20. The summed E-state index contributed by atoms with van der Waals surface area (Å²) in [6.45, 7) is 3.96. The maximum atomic E-state index is 12.4. The Kier molecular flexibility index (Phi) is 5.22. The standard InChI is InChI=1S/C17H19N3O3S/c21-17(15-6-11-24-13-15)19-8-1-7-18(9-10-19)12-14-2-4-16(5-3-14)20(22)23/h2-6,11,13H,1,7-10,12H2. The van der Waals surface area contributed by atoms with Crippen molar-refractivity contribution in [2.24, 2.45) is 0 Å². The maximum Gasteiger partial charge on any atom is 0.269 e. The number of rotatable bonds is 4. The van der Waals surface area contributed by atoms with E-state index in [-0.39, 0.29) is 16.5 Å². The van der Waals surface area contributed by atoms with Crippen LogP contribution in [0.25, 0.3) is 0 Å². The second-order valence-corrected chi connectivity index (χ2v) is 6.64. The van der Waals surface area contributed by atoms with E-state index in [1.807, 2.05) is 21.7 Å². The first-order valence-corrected chi connectivity index (χ1v) is 8.85. The van der Waals surface area contributed by atoms with Crippen LogP contribution in [0.1, 0.15) is 22.3 Å². The van der Waals surface area contributed by atoms with Crippen LogP contribution in [0.5, 0.6) is 0 Å². The molecule has 126 valence electrons. The summed E-state index contributed by atoms with van der Waals surface area (Å²) in [6.07, 6.45) is 0.933. The molecule has 0 radical (unpaired) electrons. The molecule has 1 saturated heterocycles. The van der Waals surface area contributed by atoms with Crippen molar-refractivity contribution in [2.45, 2.75) is 13.0 Å². The number of carbonyl (C=O) groups excluding carboxylic acids is 1. The minimum Gasteiger partial charge on any atom is -0.337 e. The summed E-state index contributed by atoms with van der Waals surface area (Å²) in [5.41, 5.74) is 1.93. The van der Waals surface area contributed by atoms with E-state index in [1.165, 1.54) is 11.3 Å². The van der Waals surface area contributed by atoms with E-state index >= 15 is 0 Å². The number of nitro groups is 1. The summed E-state index contributed by atoms with van der Waals surface area (Å²) in [4.78, 5) is 27.0. The van der Waals surface area contributed by atoms with E-state index in [1.54, 1.807) is 24.3 Å². The molecule has 7 heteroatoms. The number of carbonyl (C=O) groups is 1. The zero-order valence-corrected chi connectivity index (χ0v) is 14.1. The molecular weight excluding hydrogens is 326 g/mol. The summed E-state index contributed by atoms with van der Waals surface area (Å²) in [6, 6.07) is 8.56. The largest absolute Gasteiger partial charge is 0.337 e. The smallest absolute Gasteiger partial charge is 0.269 e. The van der Waals surface area contributed by atoms with E-state index in [0.29, 0.717) is 6.54 Å². The van der Waals surface area contributed by atoms with Crippen molar-refractivity contribution in [3.8, 4) is 0 Å². The van der Waals surface area contributed by atoms with Gasteiger partial charge in [-0.05, 0) is 23.4 Å². The number of benzene rings is 1. The van der Waals surface area contributed by atoms with Crippen LogP contribution >= 0.6 is 11.3 Å². The van der Waals surface area contributed by atoms with Gasteiger partial charge in [0.1, 0.15) is 0 Å². The predicted molar refractivity (Wildman–Crippen MR) is 93.2 cm³/mol. The minimum absolute atomic E-state index is 0.105. The van der Waals surface area contributed by atoms with Gasteiger partial charge >= 0.3 is 0 Å². The molecule has 1 aliphatic heterocycles. The molecule has 6 nitrogen and oxygen atoms in total. The van der Waals surface area contributed by atoms with Crippen molar-refractivity contribution >= 4 is 22.9 Å². The highest BCUT2D eigenvalue weighted by molar-refractivity contribution is 7.08. The van der Waals surface area contributed by atoms with Gasteiger partial charge in [0.25, 0.3) is 11.6 Å². The van der Waals surface area contributed by atoms with Crippen LogP contribution in [0.4, 0.5) is 5.69 Å². The average Bonchev–Trinajstić information content (AvgIpc) is 3.02. The Morgan fingerprint density at radius 3 is 2.58 bits per heavy atom. The van der Waals surface area contributed by atoms with Gasteiger partial charge < -0.3 is 4.90 Å². The van der Waals surface area contributed by atoms with Gasteiger partial charge in [-0.3, -0.25) is 19.8 Å². The van der Waals surface area contributed by atoms with Crippen LogP contribution in [-0.2, 0) is 6.54 Å². The summed E-state index contributed by atoms with van der Waals surface area (Å²) in [5, 5.41) is 14.5. The Labute approximate surface area is 144 Å². The van der Waals surface area contributed by atoms with Crippen molar-refractivity contribution in [1.82, 2.24) is 9.80 Å². The first-order valence-electron chi connectivity index (χ1n) is 7.90. The fourth-order valence-electron chi connectivity index (χ4n) is 2.88. The topological polar surface area (TPSA) is 66.7 Å². The third-order valence-corrected chi connectivity index (χ3v) is 4.88. The van der Waals surface area contributed by atoms with Gasteiger partial charge in [0, 0.05) is 50.2 Å². The van der Waals surface area contributed by atoms with Crippen LogP contribution in [0.3, 0.4) is 0 Å². The molecule has 1 aromatic carbocycles. The third kappa shape index (κ3) is 3.98. The molecule has 2 heterocycles. The fourth-order valence-corrected chi connectivity index (χ4v) is 3.51. The molecule has 3 rings (SSSR count). The van der Waals surface area contributed by atoms with Crippen molar-refractivity contribution in [3.05, 3.63) is 62.3 Å². The minimum atomic E-state index is -0.385. The lowest BCUT2D eigenvalue weighted by Gasteiger charge is -2.21. The lowest BCUT2D eigenvalue weighted by molar-refractivity contribution is -0.384. The predicted octanol–water partition coefficient (Wildman–Crippen LogP) is 3.00. The molecule has 1 fully saturated rings. The quantitative estimate of drug-likeness (QED) is 0.631. The Balaban J connectivity index is 1.57. The van der Waals surface area contributed by atoms with Gasteiger partial charge in [0.05, 0.1) is 10.5 Å². The summed E-state index contributed by atoms with van der Waals surface area (Å²) >= 11 is 1.54. The molecule has 0 atom stereocenters. The Bertz CT molecular complexity index is 700. The van der Waals surface area contributed by atoms with E-state index in [4.69, 9.17) is 0 Å². The van der Waals surface area contributed by atoms with Crippen molar-refractivity contribution in [3.63, 3.8) is 0 Å². The SMILES string of the molecule is O=C(c1ccsc1)N1CCCN(Cc2ccc([N+](=O)[O-])cc2)CC1. The lowest BCUT2D eigenvalue weighted by Crippen LogP contribution is -2.34. The molecule has 2 aromatic rings. The fraction of sp³-hybridized carbons (Fsp3) is 0.353. The van der Waals surface area contributed by atoms with Crippen molar-refractivity contribution < 1.29 is 9.72 Å². The molecule has 0 aliphatic carbocycles. The zero-order valence-electron chi connectivity index (χ0n) is 13.3. The molecule has 0 unspecified atom stereocenters.